The quantitative estimate of drug-likeness (QED) is 0.661. The van der Waals surface area contributed by atoms with Crippen LogP contribution >= 0.6 is 11.6 Å². The molecular weight excluding hydrogens is 334 g/mol. The molecule has 4 heteroatoms. The lowest BCUT2D eigenvalue weighted by Gasteiger charge is -2.09. The number of benzene rings is 3. The summed E-state index contributed by atoms with van der Waals surface area (Å²) >= 11 is 6.15. The zero-order valence-corrected chi connectivity index (χ0v) is 14.6. The van der Waals surface area contributed by atoms with Crippen molar-refractivity contribution in [2.24, 2.45) is 0 Å². The van der Waals surface area contributed by atoms with Crippen molar-refractivity contribution >= 4 is 23.2 Å². The number of carbonyl (C=O) groups is 1. The van der Waals surface area contributed by atoms with Gasteiger partial charge < -0.3 is 10.1 Å². The summed E-state index contributed by atoms with van der Waals surface area (Å²) in [7, 11) is 0. The Morgan fingerprint density at radius 1 is 1.00 bits per heavy atom. The number of nitrogens with one attached hydrogen (secondary N) is 1. The maximum atomic E-state index is 12.3. The summed E-state index contributed by atoms with van der Waals surface area (Å²) in [6.45, 7) is 2.41. The van der Waals surface area contributed by atoms with Gasteiger partial charge in [0.15, 0.2) is 0 Å². The molecule has 0 unspecified atom stereocenters. The molecule has 1 N–H and O–H groups in total. The van der Waals surface area contributed by atoms with Crippen molar-refractivity contribution in [1.29, 1.82) is 0 Å². The molecule has 25 heavy (non-hydrogen) atoms. The summed E-state index contributed by atoms with van der Waals surface area (Å²) in [5.74, 6) is 0.625. The number of rotatable bonds is 5. The number of anilines is 1. The molecule has 0 atom stereocenters. The molecule has 3 aromatic carbocycles. The topological polar surface area (TPSA) is 38.3 Å². The van der Waals surface area contributed by atoms with Crippen molar-refractivity contribution in [2.75, 3.05) is 5.32 Å². The lowest BCUT2D eigenvalue weighted by Crippen LogP contribution is -2.12. The van der Waals surface area contributed by atoms with E-state index in [-0.39, 0.29) is 5.91 Å². The predicted octanol–water partition coefficient (Wildman–Crippen LogP) is 5.48. The van der Waals surface area contributed by atoms with Crippen LogP contribution in [0.25, 0.3) is 0 Å². The van der Waals surface area contributed by atoms with Gasteiger partial charge in [0, 0.05) is 5.56 Å². The fourth-order valence-electron chi connectivity index (χ4n) is 2.35. The Hall–Kier alpha value is -2.78. The van der Waals surface area contributed by atoms with Crippen molar-refractivity contribution in [3.05, 3.63) is 94.5 Å². The predicted molar refractivity (Wildman–Crippen MR) is 101 cm³/mol. The first-order chi connectivity index (χ1) is 12.1. The smallest absolute Gasteiger partial charge is 0.255 e. The van der Waals surface area contributed by atoms with Crippen LogP contribution in [0.5, 0.6) is 5.75 Å². The van der Waals surface area contributed by atoms with Crippen LogP contribution in [0.2, 0.25) is 5.02 Å². The van der Waals surface area contributed by atoms with Gasteiger partial charge in [-0.15, -0.1) is 0 Å². The van der Waals surface area contributed by atoms with Crippen LogP contribution in [0.3, 0.4) is 0 Å². The normalized spacial score (nSPS) is 10.3. The SMILES string of the molecule is Cc1ccc(NC(=O)c2ccc(COc3ccccc3)cc2)c(Cl)c1. The number of aryl methyl sites for hydroxylation is 1. The van der Waals surface area contributed by atoms with Crippen molar-refractivity contribution in [3.63, 3.8) is 0 Å². The molecule has 0 aliphatic rings. The Bertz CT molecular complexity index is 861. The first-order valence-corrected chi connectivity index (χ1v) is 8.34. The summed E-state index contributed by atoms with van der Waals surface area (Å²) in [5, 5.41) is 3.36. The molecule has 0 saturated carbocycles. The lowest BCUT2D eigenvalue weighted by molar-refractivity contribution is 0.102. The first-order valence-electron chi connectivity index (χ1n) is 7.96. The molecule has 0 fully saturated rings. The molecule has 0 bridgehead atoms. The number of ether oxygens (including phenoxy) is 1. The van der Waals surface area contributed by atoms with E-state index in [4.69, 9.17) is 16.3 Å². The average Bonchev–Trinajstić information content (AvgIpc) is 2.63. The van der Waals surface area contributed by atoms with E-state index < -0.39 is 0 Å². The Morgan fingerprint density at radius 3 is 2.40 bits per heavy atom. The van der Waals surface area contributed by atoms with Crippen LogP contribution in [0.1, 0.15) is 21.5 Å². The van der Waals surface area contributed by atoms with Gasteiger partial charge in [0.25, 0.3) is 5.91 Å². The Kier molecular flexibility index (Phi) is 5.36. The van der Waals surface area contributed by atoms with E-state index in [1.54, 1.807) is 18.2 Å². The molecule has 0 aliphatic carbocycles. The largest absolute Gasteiger partial charge is 0.489 e. The maximum Gasteiger partial charge on any atom is 0.255 e. The third-order valence-corrected chi connectivity index (χ3v) is 4.05. The van der Waals surface area contributed by atoms with E-state index in [1.807, 2.05) is 61.5 Å². The highest BCUT2D eigenvalue weighted by molar-refractivity contribution is 6.34. The molecule has 0 saturated heterocycles. The maximum absolute atomic E-state index is 12.3. The minimum atomic E-state index is -0.193. The van der Waals surface area contributed by atoms with E-state index in [0.717, 1.165) is 16.9 Å². The molecule has 1 amide bonds. The van der Waals surface area contributed by atoms with Gasteiger partial charge in [-0.3, -0.25) is 4.79 Å². The number of hydrogen-bond acceptors (Lipinski definition) is 2. The van der Waals surface area contributed by atoms with Crippen LogP contribution in [0.15, 0.2) is 72.8 Å². The summed E-state index contributed by atoms with van der Waals surface area (Å²) in [6.07, 6.45) is 0. The van der Waals surface area contributed by atoms with E-state index in [9.17, 15) is 4.79 Å². The van der Waals surface area contributed by atoms with Crippen LogP contribution in [0, 0.1) is 6.92 Å². The highest BCUT2D eigenvalue weighted by Gasteiger charge is 2.08. The van der Waals surface area contributed by atoms with Crippen LogP contribution < -0.4 is 10.1 Å². The summed E-state index contributed by atoms with van der Waals surface area (Å²) in [5.41, 5.74) is 3.22. The van der Waals surface area contributed by atoms with Crippen LogP contribution in [-0.2, 0) is 6.61 Å². The summed E-state index contributed by atoms with van der Waals surface area (Å²) in [4.78, 5) is 12.3. The second-order valence-electron chi connectivity index (χ2n) is 5.74. The minimum absolute atomic E-state index is 0.193. The molecule has 0 heterocycles. The lowest BCUT2D eigenvalue weighted by atomic mass is 10.1. The minimum Gasteiger partial charge on any atom is -0.489 e. The van der Waals surface area contributed by atoms with Crippen molar-refractivity contribution < 1.29 is 9.53 Å². The van der Waals surface area contributed by atoms with Gasteiger partial charge in [-0.2, -0.15) is 0 Å². The molecule has 3 aromatic rings. The fraction of sp³-hybridized carbons (Fsp3) is 0.0952. The van der Waals surface area contributed by atoms with Gasteiger partial charge in [-0.25, -0.2) is 0 Å². The third kappa shape index (κ3) is 4.61. The van der Waals surface area contributed by atoms with E-state index in [2.05, 4.69) is 5.32 Å². The fourth-order valence-corrected chi connectivity index (χ4v) is 2.63. The monoisotopic (exact) mass is 351 g/mol. The highest BCUT2D eigenvalue weighted by atomic mass is 35.5. The van der Waals surface area contributed by atoms with Crippen molar-refractivity contribution in [2.45, 2.75) is 13.5 Å². The number of amides is 1. The highest BCUT2D eigenvalue weighted by Crippen LogP contribution is 2.23. The Labute approximate surface area is 152 Å². The van der Waals surface area contributed by atoms with Gasteiger partial charge in [0.05, 0.1) is 10.7 Å². The van der Waals surface area contributed by atoms with Gasteiger partial charge in [-0.05, 0) is 54.4 Å². The van der Waals surface area contributed by atoms with Gasteiger partial charge in [0.1, 0.15) is 12.4 Å². The van der Waals surface area contributed by atoms with E-state index >= 15 is 0 Å². The van der Waals surface area contributed by atoms with E-state index in [1.165, 1.54) is 0 Å². The zero-order chi connectivity index (χ0) is 17.6. The average molecular weight is 352 g/mol. The molecule has 0 aliphatic heterocycles. The Morgan fingerprint density at radius 2 is 1.72 bits per heavy atom. The molecular formula is C21H18ClNO2. The number of carbonyl (C=O) groups excluding carboxylic acids is 1. The second kappa shape index (κ2) is 7.86. The standard InChI is InChI=1S/C21H18ClNO2/c1-15-7-12-20(19(22)13-15)23-21(24)17-10-8-16(9-11-17)14-25-18-5-3-2-4-6-18/h2-13H,14H2,1H3,(H,23,24). The molecule has 3 rings (SSSR count). The molecule has 3 nitrogen and oxygen atoms in total. The van der Waals surface area contributed by atoms with Crippen molar-refractivity contribution in [3.8, 4) is 5.75 Å². The number of hydrogen-bond donors (Lipinski definition) is 1. The number of halogens is 1. The summed E-state index contributed by atoms with van der Waals surface area (Å²) < 4.78 is 5.70. The van der Waals surface area contributed by atoms with Crippen LogP contribution in [-0.4, -0.2) is 5.91 Å². The molecule has 0 spiro atoms. The molecule has 0 radical (unpaired) electrons. The van der Waals surface area contributed by atoms with Crippen molar-refractivity contribution in [1.82, 2.24) is 0 Å². The van der Waals surface area contributed by atoms with Gasteiger partial charge in [-0.1, -0.05) is 48.0 Å². The third-order valence-electron chi connectivity index (χ3n) is 3.74. The Balaban J connectivity index is 1.62. The molecule has 0 aromatic heterocycles. The summed E-state index contributed by atoms with van der Waals surface area (Å²) in [6, 6.07) is 22.5. The zero-order valence-electron chi connectivity index (χ0n) is 13.8. The van der Waals surface area contributed by atoms with Gasteiger partial charge >= 0.3 is 0 Å². The van der Waals surface area contributed by atoms with E-state index in [0.29, 0.717) is 22.9 Å². The number of para-hydroxylation sites is 1. The second-order valence-corrected chi connectivity index (χ2v) is 6.14. The van der Waals surface area contributed by atoms with Crippen LogP contribution in [0.4, 0.5) is 5.69 Å². The first kappa shape index (κ1) is 17.1. The molecule has 126 valence electrons. The van der Waals surface area contributed by atoms with Gasteiger partial charge in [0.2, 0.25) is 0 Å².